The summed E-state index contributed by atoms with van der Waals surface area (Å²) in [5.41, 5.74) is 7.56. The van der Waals surface area contributed by atoms with Gasteiger partial charge in [0.1, 0.15) is 11.0 Å². The van der Waals surface area contributed by atoms with Crippen LogP contribution in [-0.2, 0) is 32.5 Å². The van der Waals surface area contributed by atoms with Gasteiger partial charge in [0.05, 0.1) is 6.61 Å². The summed E-state index contributed by atoms with van der Waals surface area (Å²) in [7, 11) is 1.79. The highest BCUT2D eigenvalue weighted by atomic mass is 16.6. The van der Waals surface area contributed by atoms with Crippen LogP contribution < -0.4 is 4.90 Å². The fraction of sp³-hybridized carbons (Fsp3) is 0.389. The van der Waals surface area contributed by atoms with E-state index in [1.54, 1.807) is 11.9 Å². The topological polar surface area (TPSA) is 59.1 Å². The minimum atomic E-state index is -0.855. The Morgan fingerprint density at radius 1 is 0.929 bits per heavy atom. The first-order valence-corrected chi connectivity index (χ1v) is 15.0. The average molecular weight is 567 g/mol. The minimum Gasteiger partial charge on any atom is -0.465 e. The van der Waals surface area contributed by atoms with Crippen LogP contribution in [0.25, 0.3) is 5.57 Å². The minimum absolute atomic E-state index is 0.208. The molecule has 0 fully saturated rings. The van der Waals surface area contributed by atoms with Crippen LogP contribution in [0.5, 0.6) is 0 Å². The van der Waals surface area contributed by atoms with E-state index in [2.05, 4.69) is 59.5 Å². The van der Waals surface area contributed by atoms with E-state index in [1.807, 2.05) is 52.8 Å². The normalized spacial score (nSPS) is 17.6. The van der Waals surface area contributed by atoms with Gasteiger partial charge in [-0.25, -0.2) is 4.79 Å². The Balaban J connectivity index is 1.46. The first-order chi connectivity index (χ1) is 20.1. The predicted octanol–water partition coefficient (Wildman–Crippen LogP) is 7.47. The van der Waals surface area contributed by atoms with Crippen molar-refractivity contribution in [1.82, 2.24) is 4.90 Å². The smallest absolute Gasteiger partial charge is 0.410 e. The van der Waals surface area contributed by atoms with Crippen molar-refractivity contribution in [3.05, 3.63) is 101 Å². The molecular formula is C36H42N2O4. The molecule has 220 valence electrons. The number of para-hydroxylation sites is 1. The first kappa shape index (κ1) is 29.4. The number of ether oxygens (including phenoxy) is 2. The number of carbonyl (C=O) groups excluding carboxylic acids is 2. The van der Waals surface area contributed by atoms with Crippen molar-refractivity contribution in [3.63, 3.8) is 0 Å². The van der Waals surface area contributed by atoms with Gasteiger partial charge in [-0.2, -0.15) is 0 Å². The second kappa shape index (κ2) is 11.7. The molecule has 3 aromatic rings. The highest BCUT2D eigenvalue weighted by Crippen LogP contribution is 2.60. The van der Waals surface area contributed by atoms with Crippen molar-refractivity contribution in [2.24, 2.45) is 0 Å². The summed E-state index contributed by atoms with van der Waals surface area (Å²) >= 11 is 0. The zero-order valence-corrected chi connectivity index (χ0v) is 25.7. The zero-order chi connectivity index (χ0) is 30.1. The van der Waals surface area contributed by atoms with Gasteiger partial charge in [0.25, 0.3) is 0 Å². The molecule has 0 saturated carbocycles. The number of rotatable bonds is 8. The van der Waals surface area contributed by atoms with Crippen molar-refractivity contribution >= 4 is 29.0 Å². The van der Waals surface area contributed by atoms with Crippen molar-refractivity contribution in [2.45, 2.75) is 64.9 Å². The van der Waals surface area contributed by atoms with E-state index in [4.69, 9.17) is 9.47 Å². The second-order valence-corrected chi connectivity index (χ2v) is 12.2. The molecule has 1 aliphatic carbocycles. The molecule has 0 spiro atoms. The fourth-order valence-corrected chi connectivity index (χ4v) is 6.22. The van der Waals surface area contributed by atoms with E-state index >= 15 is 0 Å². The van der Waals surface area contributed by atoms with Crippen LogP contribution in [-0.4, -0.2) is 49.3 Å². The Labute approximate surface area is 249 Å². The van der Waals surface area contributed by atoms with Crippen LogP contribution in [0.2, 0.25) is 0 Å². The molecule has 1 amide bonds. The van der Waals surface area contributed by atoms with E-state index in [-0.39, 0.29) is 12.1 Å². The van der Waals surface area contributed by atoms with Crippen LogP contribution in [0.4, 0.5) is 16.2 Å². The van der Waals surface area contributed by atoms with Gasteiger partial charge in [-0.3, -0.25) is 4.79 Å². The zero-order valence-electron chi connectivity index (χ0n) is 25.7. The Morgan fingerprint density at radius 2 is 1.60 bits per heavy atom. The Bertz CT molecular complexity index is 1500. The monoisotopic (exact) mass is 566 g/mol. The first-order valence-electron chi connectivity index (χ1n) is 15.0. The van der Waals surface area contributed by atoms with Crippen molar-refractivity contribution < 1.29 is 19.1 Å². The summed E-state index contributed by atoms with van der Waals surface area (Å²) in [5, 5.41) is 0. The fourth-order valence-electron chi connectivity index (χ4n) is 6.22. The van der Waals surface area contributed by atoms with Crippen LogP contribution in [0, 0.1) is 0 Å². The summed E-state index contributed by atoms with van der Waals surface area (Å²) < 4.78 is 11.2. The molecule has 0 saturated heterocycles. The number of hydrogen-bond donors (Lipinski definition) is 0. The number of anilines is 2. The third-order valence-corrected chi connectivity index (χ3v) is 8.22. The molecule has 0 radical (unpaired) electrons. The third-order valence-electron chi connectivity index (χ3n) is 8.22. The number of fused-ring (bicyclic) bond motifs is 2. The lowest BCUT2D eigenvalue weighted by Crippen LogP contribution is -2.35. The number of amides is 1. The number of nitrogens with zero attached hydrogens (tertiary/aromatic N) is 2. The number of hydrogen-bond acceptors (Lipinski definition) is 5. The number of esters is 1. The van der Waals surface area contributed by atoms with Gasteiger partial charge >= 0.3 is 12.1 Å². The maximum Gasteiger partial charge on any atom is 0.410 e. The molecule has 6 heteroatoms. The van der Waals surface area contributed by atoms with Crippen molar-refractivity contribution in [3.8, 4) is 0 Å². The molecule has 5 rings (SSSR count). The van der Waals surface area contributed by atoms with Gasteiger partial charge in [-0.1, -0.05) is 60.7 Å². The predicted molar refractivity (Wildman–Crippen MR) is 168 cm³/mol. The largest absolute Gasteiger partial charge is 0.465 e. The van der Waals surface area contributed by atoms with Crippen LogP contribution in [0.3, 0.4) is 0 Å². The van der Waals surface area contributed by atoms with E-state index in [0.29, 0.717) is 13.2 Å². The van der Waals surface area contributed by atoms with Crippen LogP contribution in [0.15, 0.2) is 78.4 Å². The van der Waals surface area contributed by atoms with E-state index in [1.165, 1.54) is 16.8 Å². The van der Waals surface area contributed by atoms with Crippen molar-refractivity contribution in [2.75, 3.05) is 31.6 Å². The summed E-state index contributed by atoms with van der Waals surface area (Å²) in [6.07, 6.45) is 2.24. The second-order valence-electron chi connectivity index (χ2n) is 12.2. The molecule has 0 N–H and O–H groups in total. The summed E-state index contributed by atoms with van der Waals surface area (Å²) in [6, 6.07) is 25.2. The average Bonchev–Trinajstić information content (AvgIpc) is 3.63. The highest BCUT2D eigenvalue weighted by Gasteiger charge is 2.59. The molecule has 1 heterocycles. The third kappa shape index (κ3) is 5.55. The van der Waals surface area contributed by atoms with Crippen LogP contribution in [0.1, 0.15) is 63.3 Å². The molecule has 6 nitrogen and oxygen atoms in total. The van der Waals surface area contributed by atoms with Gasteiger partial charge in [0.15, 0.2) is 0 Å². The highest BCUT2D eigenvalue weighted by molar-refractivity contribution is 6.15. The van der Waals surface area contributed by atoms with Gasteiger partial charge in [-0.05, 0) is 99.4 Å². The van der Waals surface area contributed by atoms with Crippen molar-refractivity contribution in [1.29, 1.82) is 0 Å². The van der Waals surface area contributed by atoms with Gasteiger partial charge in [-0.15, -0.1) is 0 Å². The van der Waals surface area contributed by atoms with E-state index in [0.717, 1.165) is 53.8 Å². The van der Waals surface area contributed by atoms with Gasteiger partial charge in [0, 0.05) is 31.5 Å². The number of carbonyl (C=O) groups is 2. The lowest BCUT2D eigenvalue weighted by atomic mass is 9.84. The van der Waals surface area contributed by atoms with E-state index < -0.39 is 11.0 Å². The molecular weight excluding hydrogens is 524 g/mol. The SMILES string of the molecule is CCOC(=O)C1(c2ccc3c(c2)CCc2ccccc2N3CCCN(C)C(=O)OC(C)(C)C)C(C)=C1c1ccccc1. The van der Waals surface area contributed by atoms with Gasteiger partial charge in [0.2, 0.25) is 0 Å². The molecule has 3 aromatic carbocycles. The molecule has 0 bridgehead atoms. The summed E-state index contributed by atoms with van der Waals surface area (Å²) in [5.74, 6) is -0.208. The molecule has 1 unspecified atom stereocenters. The number of benzene rings is 3. The Kier molecular flexibility index (Phi) is 8.18. The number of aryl methyl sites for hydroxylation is 2. The molecule has 1 aliphatic heterocycles. The maximum absolute atomic E-state index is 13.6. The quantitative estimate of drug-likeness (QED) is 0.265. The molecule has 1 atom stereocenters. The standard InChI is InChI=1S/C36H42N2O4/c1-7-41-33(39)36(25(2)32(36)27-15-9-8-10-16-27)29-20-21-31-28(24-29)19-18-26-14-11-12-17-30(26)38(31)23-13-22-37(6)34(40)42-35(3,4)5/h8-12,14-17,20-21,24H,7,13,18-19,22-23H2,1-6H3. The lowest BCUT2D eigenvalue weighted by Gasteiger charge is -2.29. The molecule has 42 heavy (non-hydrogen) atoms. The summed E-state index contributed by atoms with van der Waals surface area (Å²) in [4.78, 5) is 30.2. The Hall–Kier alpha value is -4.06. The Morgan fingerprint density at radius 3 is 2.31 bits per heavy atom. The van der Waals surface area contributed by atoms with Gasteiger partial charge < -0.3 is 19.3 Å². The lowest BCUT2D eigenvalue weighted by molar-refractivity contribution is -0.145. The van der Waals surface area contributed by atoms with Crippen LogP contribution >= 0.6 is 0 Å². The maximum atomic E-state index is 13.6. The molecule has 0 aromatic heterocycles. The summed E-state index contributed by atoms with van der Waals surface area (Å²) in [6.45, 7) is 11.2. The molecule has 2 aliphatic rings. The van der Waals surface area contributed by atoms with E-state index in [9.17, 15) is 9.59 Å².